The van der Waals surface area contributed by atoms with Crippen LogP contribution in [0.1, 0.15) is 70.6 Å². The van der Waals surface area contributed by atoms with Gasteiger partial charge in [0, 0.05) is 12.1 Å². The van der Waals surface area contributed by atoms with E-state index in [1.165, 1.54) is 0 Å². The smallest absolute Gasteiger partial charge is 0.329 e. The number of anilines is 1. The monoisotopic (exact) mass is 856 g/mol. The second-order valence-electron chi connectivity index (χ2n) is 16.3. The van der Waals surface area contributed by atoms with Crippen LogP contribution in [0.2, 0.25) is 0 Å². The molecule has 12 heteroatoms. The van der Waals surface area contributed by atoms with Crippen LogP contribution in [0.15, 0.2) is 170 Å². The number of nitrogens with one attached hydrogen (secondary N) is 2. The van der Waals surface area contributed by atoms with E-state index < -0.39 is 71.5 Å². The summed E-state index contributed by atoms with van der Waals surface area (Å²) in [6, 6.07) is 46.4. The van der Waals surface area contributed by atoms with Gasteiger partial charge in [-0.15, -0.1) is 0 Å². The average molecular weight is 857 g/mol. The quantitative estimate of drug-likeness (QED) is 0.0948. The van der Waals surface area contributed by atoms with Crippen molar-refractivity contribution in [2.24, 2.45) is 5.92 Å². The van der Waals surface area contributed by atoms with Crippen molar-refractivity contribution < 1.29 is 38.9 Å². The Hall–Kier alpha value is -7.12. The fourth-order valence-electron chi connectivity index (χ4n) is 10.0. The van der Waals surface area contributed by atoms with E-state index in [2.05, 4.69) is 10.6 Å². The molecule has 0 aromatic heterocycles. The predicted molar refractivity (Wildman–Crippen MR) is 239 cm³/mol. The third-order valence-electron chi connectivity index (χ3n) is 12.7. The maximum absolute atomic E-state index is 16.4. The van der Waals surface area contributed by atoms with Gasteiger partial charge < -0.3 is 30.3 Å². The van der Waals surface area contributed by atoms with Crippen LogP contribution in [0.5, 0.6) is 5.75 Å². The number of benzene rings is 6. The molecule has 2 fully saturated rings. The molecule has 4 N–H and O–H groups in total. The van der Waals surface area contributed by atoms with Crippen molar-refractivity contribution in [2.75, 3.05) is 24.7 Å². The predicted octanol–water partition coefficient (Wildman–Crippen LogP) is 7.04. The van der Waals surface area contributed by atoms with E-state index in [4.69, 9.17) is 9.47 Å². The van der Waals surface area contributed by atoms with E-state index in [-0.39, 0.29) is 25.4 Å². The zero-order valence-electron chi connectivity index (χ0n) is 35.1. The number of carbonyl (C=O) groups excluding carboxylic acids is 4. The third kappa shape index (κ3) is 7.29. The van der Waals surface area contributed by atoms with Crippen LogP contribution in [-0.4, -0.2) is 64.7 Å². The number of hydrogen-bond acceptors (Lipinski definition) is 9. The highest BCUT2D eigenvalue weighted by Crippen LogP contribution is 2.66. The molecule has 12 nitrogen and oxygen atoms in total. The first-order valence-electron chi connectivity index (χ1n) is 21.5. The highest BCUT2D eigenvalue weighted by atomic mass is 16.6. The second-order valence-corrected chi connectivity index (χ2v) is 16.3. The molecule has 3 aliphatic rings. The van der Waals surface area contributed by atoms with Gasteiger partial charge in [0.25, 0.3) is 0 Å². The van der Waals surface area contributed by atoms with Gasteiger partial charge in [-0.25, -0.2) is 9.69 Å². The highest BCUT2D eigenvalue weighted by molar-refractivity contribution is 6.24. The van der Waals surface area contributed by atoms with Gasteiger partial charge in [-0.1, -0.05) is 158 Å². The number of rotatable bonds is 12. The Kier molecular flexibility index (Phi) is 11.8. The van der Waals surface area contributed by atoms with Gasteiger partial charge in [0.05, 0.1) is 42.4 Å². The number of carbonyl (C=O) groups is 4. The van der Waals surface area contributed by atoms with Crippen LogP contribution >= 0.6 is 0 Å². The zero-order valence-corrected chi connectivity index (χ0v) is 35.1. The summed E-state index contributed by atoms with van der Waals surface area (Å²) in [5, 5.41) is 27.3. The Balaban J connectivity index is 1.30. The first-order valence-corrected chi connectivity index (χ1v) is 21.5. The lowest BCUT2D eigenvalue weighted by atomic mass is 9.65. The SMILES string of the molecule is C[C@@H](NC(=O)N1C(=O)[C@@]2(c3ccccc31)[C@H](c1ccccc1OCCO)N1[C@H](c3ccccc3)[C@H](c3ccccc3)OC(=O)[C@H]1[C@@H]2C(=O)NC[C@H](O)c1ccccc1)c1ccccc1. The summed E-state index contributed by atoms with van der Waals surface area (Å²) in [6.45, 7) is 1.17. The van der Waals surface area contributed by atoms with Crippen molar-refractivity contribution >= 4 is 29.5 Å². The number of esters is 1. The maximum atomic E-state index is 16.4. The lowest BCUT2D eigenvalue weighted by molar-refractivity contribution is -0.178. The number of nitrogens with zero attached hydrogens (tertiary/aromatic N) is 2. The minimum Gasteiger partial charge on any atom is -0.491 e. The molecule has 6 aromatic rings. The molecule has 0 bridgehead atoms. The van der Waals surface area contributed by atoms with Crippen LogP contribution < -0.4 is 20.3 Å². The molecule has 64 heavy (non-hydrogen) atoms. The molecule has 3 aliphatic heterocycles. The van der Waals surface area contributed by atoms with Crippen LogP contribution in [0, 0.1) is 5.92 Å². The zero-order chi connectivity index (χ0) is 44.4. The number of aliphatic hydroxyl groups is 2. The highest BCUT2D eigenvalue weighted by Gasteiger charge is 2.76. The van der Waals surface area contributed by atoms with Crippen LogP contribution in [0.3, 0.4) is 0 Å². The first kappa shape index (κ1) is 42.2. The summed E-state index contributed by atoms with van der Waals surface area (Å²) in [4.78, 5) is 65.0. The van der Waals surface area contributed by atoms with Crippen molar-refractivity contribution in [1.29, 1.82) is 0 Å². The molecule has 0 saturated carbocycles. The van der Waals surface area contributed by atoms with E-state index in [0.717, 1.165) is 16.0 Å². The molecule has 2 saturated heterocycles. The normalized spacial score (nSPS) is 23.4. The molecule has 4 amide bonds. The Morgan fingerprint density at radius 2 is 1.31 bits per heavy atom. The number of ether oxygens (including phenoxy) is 2. The number of aliphatic hydroxyl groups excluding tert-OH is 2. The fourth-order valence-corrected chi connectivity index (χ4v) is 10.0. The minimum atomic E-state index is -2.01. The topological polar surface area (TPSA) is 158 Å². The van der Waals surface area contributed by atoms with E-state index in [0.29, 0.717) is 28.0 Å². The van der Waals surface area contributed by atoms with Crippen molar-refractivity contribution in [1.82, 2.24) is 15.5 Å². The molecule has 8 atom stereocenters. The van der Waals surface area contributed by atoms with Crippen molar-refractivity contribution in [3.8, 4) is 5.75 Å². The molecule has 3 heterocycles. The summed E-state index contributed by atoms with van der Waals surface area (Å²) in [7, 11) is 0. The van der Waals surface area contributed by atoms with Gasteiger partial charge in [0.15, 0.2) is 0 Å². The number of fused-ring (bicyclic) bond motifs is 3. The fraction of sp³-hybridized carbons (Fsp3) is 0.231. The van der Waals surface area contributed by atoms with Crippen LogP contribution in [-0.2, 0) is 24.5 Å². The van der Waals surface area contributed by atoms with Crippen LogP contribution in [0.25, 0.3) is 0 Å². The molecule has 0 radical (unpaired) electrons. The van der Waals surface area contributed by atoms with Gasteiger partial charge in [0.2, 0.25) is 11.8 Å². The van der Waals surface area contributed by atoms with Crippen LogP contribution in [0.4, 0.5) is 10.5 Å². The number of cyclic esters (lactones) is 1. The standard InChI is InChI=1S/C52H48N4O8/c1-33(34-18-6-2-7-19-34)54-51(62)55-40-28-16-15-27-39(40)52(50(55)61)43(48(59)53-32-41(58)35-20-8-3-9-21-35)45-49(60)64-46(37-24-12-5-13-25-37)44(36-22-10-4-11-23-36)56(45)47(52)38-26-14-17-29-42(38)63-31-30-57/h2-29,33,41,43-47,57-58H,30-32H2,1H3,(H,53,59)(H,54,62)/t33-,41+,43-,44-,45-,46+,47+,52-/m1/s1. The second kappa shape index (κ2) is 17.9. The van der Waals surface area contributed by atoms with E-state index in [9.17, 15) is 15.0 Å². The van der Waals surface area contributed by atoms with Crippen molar-refractivity contribution in [3.05, 3.63) is 203 Å². The van der Waals surface area contributed by atoms with Gasteiger partial charge >= 0.3 is 12.0 Å². The Morgan fingerprint density at radius 3 is 1.98 bits per heavy atom. The van der Waals surface area contributed by atoms with Gasteiger partial charge in [-0.3, -0.25) is 19.3 Å². The van der Waals surface area contributed by atoms with Gasteiger partial charge in [-0.05, 0) is 46.9 Å². The Morgan fingerprint density at radius 1 is 0.734 bits per heavy atom. The summed E-state index contributed by atoms with van der Waals surface area (Å²) < 4.78 is 12.8. The molecule has 9 rings (SSSR count). The molecule has 6 aromatic carbocycles. The number of hydrogen-bond donors (Lipinski definition) is 4. The molecule has 0 unspecified atom stereocenters. The minimum absolute atomic E-state index is 0.0886. The molecule has 0 aliphatic carbocycles. The number of imide groups is 1. The molecular formula is C52H48N4O8. The Bertz CT molecular complexity index is 2630. The van der Waals surface area contributed by atoms with Gasteiger partial charge in [-0.2, -0.15) is 0 Å². The summed E-state index contributed by atoms with van der Waals surface area (Å²) in [5.41, 5.74) is 1.84. The lowest BCUT2D eigenvalue weighted by Crippen LogP contribution is -2.56. The largest absolute Gasteiger partial charge is 0.491 e. The number of urea groups is 1. The molecule has 324 valence electrons. The third-order valence-corrected chi connectivity index (χ3v) is 12.7. The first-order chi connectivity index (χ1) is 31.2. The van der Waals surface area contributed by atoms with E-state index in [1.807, 2.05) is 109 Å². The lowest BCUT2D eigenvalue weighted by Gasteiger charge is -2.46. The van der Waals surface area contributed by atoms with E-state index >= 15 is 14.4 Å². The van der Waals surface area contributed by atoms with Gasteiger partial charge in [0.1, 0.15) is 29.9 Å². The summed E-state index contributed by atoms with van der Waals surface area (Å²) in [5.74, 6) is -3.41. The van der Waals surface area contributed by atoms with Crippen molar-refractivity contribution in [3.63, 3.8) is 0 Å². The molecule has 1 spiro atoms. The summed E-state index contributed by atoms with van der Waals surface area (Å²) >= 11 is 0. The van der Waals surface area contributed by atoms with E-state index in [1.54, 1.807) is 72.8 Å². The number of morpholine rings is 1. The Labute approximate surface area is 371 Å². The average Bonchev–Trinajstić information content (AvgIpc) is 3.80. The number of para-hydroxylation sites is 2. The summed E-state index contributed by atoms with van der Waals surface area (Å²) in [6.07, 6.45) is -2.05. The number of amides is 4. The van der Waals surface area contributed by atoms with Crippen molar-refractivity contribution in [2.45, 2.75) is 48.7 Å². The molecular weight excluding hydrogens is 809 g/mol. The maximum Gasteiger partial charge on any atom is 0.329 e.